The van der Waals surface area contributed by atoms with Gasteiger partial charge >= 0.3 is 29.4 Å². The Hall–Kier alpha value is -4.26. The Morgan fingerprint density at radius 3 is 2.50 bits per heavy atom. The lowest BCUT2D eigenvalue weighted by Crippen LogP contribution is -2.53. The van der Waals surface area contributed by atoms with Crippen LogP contribution in [0.5, 0.6) is 5.75 Å². The predicted molar refractivity (Wildman–Crippen MR) is 151 cm³/mol. The van der Waals surface area contributed by atoms with Crippen molar-refractivity contribution in [2.24, 2.45) is 11.8 Å². The Labute approximate surface area is 260 Å². The van der Waals surface area contributed by atoms with Crippen LogP contribution in [0.2, 0.25) is 0 Å². The fourth-order valence-corrected chi connectivity index (χ4v) is 5.27. The Balaban J connectivity index is 1.42. The van der Waals surface area contributed by atoms with E-state index in [9.17, 15) is 38.4 Å². The van der Waals surface area contributed by atoms with E-state index in [1.165, 1.54) is 19.1 Å². The third-order valence-corrected chi connectivity index (χ3v) is 7.92. The Morgan fingerprint density at radius 2 is 1.91 bits per heavy atom. The predicted octanol–water partition coefficient (Wildman–Crippen LogP) is 2.50. The molecule has 2 aromatic rings. The van der Waals surface area contributed by atoms with Crippen molar-refractivity contribution in [1.82, 2.24) is 9.55 Å². The van der Waals surface area contributed by atoms with Gasteiger partial charge in [-0.25, -0.2) is 9.59 Å². The number of nitrogens with one attached hydrogen (secondary N) is 1. The van der Waals surface area contributed by atoms with Crippen LogP contribution >= 0.6 is 0 Å². The van der Waals surface area contributed by atoms with Crippen molar-refractivity contribution in [2.75, 3.05) is 11.9 Å². The Kier molecular flexibility index (Phi) is 10.5. The molecule has 0 bridgehead atoms. The highest BCUT2D eigenvalue weighted by atomic mass is 19.3. The molecule has 3 heterocycles. The first kappa shape index (κ1) is 34.6. The van der Waals surface area contributed by atoms with Crippen LogP contribution in [-0.4, -0.2) is 80.0 Å². The van der Waals surface area contributed by atoms with E-state index >= 15 is 0 Å². The first-order valence-electron chi connectivity index (χ1n) is 14.3. The second-order valence-corrected chi connectivity index (χ2v) is 11.0. The Bertz CT molecular complexity index is 1510. The van der Waals surface area contributed by atoms with E-state index in [1.54, 1.807) is 0 Å². The van der Waals surface area contributed by atoms with Crippen LogP contribution in [0.15, 0.2) is 35.3 Å². The van der Waals surface area contributed by atoms with Gasteiger partial charge in [-0.15, -0.1) is 0 Å². The van der Waals surface area contributed by atoms with Gasteiger partial charge in [0, 0.05) is 25.1 Å². The number of carbonyl (C=O) groups excluding carboxylic acids is 2. The molecule has 0 aliphatic carbocycles. The lowest BCUT2D eigenvalue weighted by molar-refractivity contribution is -0.387. The monoisotopic (exact) mass is 656 g/mol. The summed E-state index contributed by atoms with van der Waals surface area (Å²) in [5.74, 6) is -5.18. The maximum absolute atomic E-state index is 14.4. The minimum atomic E-state index is -3.92. The number of nitro groups is 1. The molecular formula is C28H34F2N4O12. The fraction of sp³-hybridized carbons (Fsp3) is 0.571. The average Bonchev–Trinajstić information content (AvgIpc) is 3.23. The highest BCUT2D eigenvalue weighted by molar-refractivity contribution is 5.83. The number of nitrogens with zero attached hydrogens (tertiary/aromatic N) is 3. The molecule has 2 fully saturated rings. The number of rotatable bonds is 10. The summed E-state index contributed by atoms with van der Waals surface area (Å²) in [6.07, 6.45) is -8.08. The number of aliphatic hydroxyl groups excluding tert-OH is 2. The average molecular weight is 657 g/mol. The molecular weight excluding hydrogens is 622 g/mol. The summed E-state index contributed by atoms with van der Waals surface area (Å²) in [6.45, 7) is 5.61. The molecule has 3 N–H and O–H groups in total. The molecule has 1 amide bonds. The van der Waals surface area contributed by atoms with Crippen LogP contribution in [-0.2, 0) is 30.3 Å². The van der Waals surface area contributed by atoms with Crippen molar-refractivity contribution in [2.45, 2.75) is 83.6 Å². The van der Waals surface area contributed by atoms with Crippen molar-refractivity contribution < 1.29 is 57.2 Å². The maximum atomic E-state index is 14.4. The van der Waals surface area contributed by atoms with Crippen molar-refractivity contribution in [3.63, 3.8) is 0 Å². The van der Waals surface area contributed by atoms with Crippen LogP contribution in [0.25, 0.3) is 0 Å². The minimum Gasteiger partial charge on any atom is -0.456 e. The molecule has 2 aliphatic rings. The smallest absolute Gasteiger partial charge is 0.413 e. The number of hydrogen-bond acceptors (Lipinski definition) is 13. The molecule has 16 nitrogen and oxygen atoms in total. The largest absolute Gasteiger partial charge is 0.456 e. The molecule has 0 saturated carbocycles. The number of alkyl halides is 2. The molecule has 0 radical (unpaired) electrons. The topological polar surface area (TPSA) is 211 Å². The zero-order valence-corrected chi connectivity index (χ0v) is 25.2. The summed E-state index contributed by atoms with van der Waals surface area (Å²) in [5.41, 5.74) is -1.55. The number of ether oxygens (including phenoxy) is 5. The van der Waals surface area contributed by atoms with E-state index < -0.39 is 78.3 Å². The van der Waals surface area contributed by atoms with Gasteiger partial charge in [0.2, 0.25) is 12.5 Å². The van der Waals surface area contributed by atoms with Gasteiger partial charge in [0.1, 0.15) is 18.5 Å². The van der Waals surface area contributed by atoms with E-state index in [-0.39, 0.29) is 35.1 Å². The van der Waals surface area contributed by atoms with E-state index in [0.717, 1.165) is 18.3 Å². The number of anilines is 1. The van der Waals surface area contributed by atoms with Crippen LogP contribution in [0.4, 0.5) is 25.1 Å². The number of aliphatic hydroxyl groups is 2. The number of aromatic nitrogens is 2. The van der Waals surface area contributed by atoms with Crippen molar-refractivity contribution in [1.29, 1.82) is 0 Å². The molecule has 46 heavy (non-hydrogen) atoms. The summed E-state index contributed by atoms with van der Waals surface area (Å²) in [7, 11) is 0. The highest BCUT2D eigenvalue weighted by Gasteiger charge is 2.59. The summed E-state index contributed by atoms with van der Waals surface area (Å²) in [4.78, 5) is 51.2. The number of amides is 1. The van der Waals surface area contributed by atoms with E-state index in [0.29, 0.717) is 11.0 Å². The summed E-state index contributed by atoms with van der Waals surface area (Å²) in [5, 5.41) is 32.8. The summed E-state index contributed by atoms with van der Waals surface area (Å²) in [6, 6.07) is 4.80. The number of benzene rings is 1. The highest BCUT2D eigenvalue weighted by Crippen LogP contribution is 2.42. The number of hydrogen-bond donors (Lipinski definition) is 3. The molecule has 18 heteroatoms. The van der Waals surface area contributed by atoms with Crippen LogP contribution in [0.1, 0.15) is 45.9 Å². The molecule has 252 valence electrons. The molecule has 4 rings (SSSR count). The van der Waals surface area contributed by atoms with Gasteiger partial charge in [-0.2, -0.15) is 13.8 Å². The zero-order valence-electron chi connectivity index (χ0n) is 25.2. The molecule has 2 saturated heterocycles. The summed E-state index contributed by atoms with van der Waals surface area (Å²) < 4.78 is 56.5. The van der Waals surface area contributed by atoms with E-state index in [4.69, 9.17) is 28.8 Å². The van der Waals surface area contributed by atoms with Crippen molar-refractivity contribution in [3.8, 4) is 5.75 Å². The minimum absolute atomic E-state index is 0.0155. The first-order chi connectivity index (χ1) is 21.7. The van der Waals surface area contributed by atoms with E-state index in [1.807, 2.05) is 20.8 Å². The van der Waals surface area contributed by atoms with Gasteiger partial charge in [0.05, 0.1) is 17.6 Å². The standard InChI is InChI=1S/C28H34F2N4O12/c1-5-18-13(2)14(3)22(43-15(4)36)24(44-18)45-19-7-6-16(10-17(19)34(40)41)12-42-27(39)32-21-8-9-33(26(38)31-21)25-28(29,30)23(37)20(11-35)46-25/h6-10,13-14,18,20,22-25,35,37H,5,11-12H2,1-4H3,(H,31,32,38,39)/t13-,14+,18?,20-,22?,23?,24+,25-/m1/s1. The molecule has 0 spiro atoms. The quantitative estimate of drug-likeness (QED) is 0.191. The lowest BCUT2D eigenvalue weighted by atomic mass is 9.82. The fourth-order valence-electron chi connectivity index (χ4n) is 5.27. The second-order valence-electron chi connectivity index (χ2n) is 11.0. The normalized spacial score (nSPS) is 28.7. The molecule has 1 aromatic carbocycles. The van der Waals surface area contributed by atoms with E-state index in [2.05, 4.69) is 10.3 Å². The van der Waals surface area contributed by atoms with Gasteiger partial charge < -0.3 is 33.9 Å². The molecule has 8 atom stereocenters. The third kappa shape index (κ3) is 7.24. The van der Waals surface area contributed by atoms with Gasteiger partial charge in [0.15, 0.2) is 18.0 Å². The maximum Gasteiger partial charge on any atom is 0.413 e. The van der Waals surface area contributed by atoms with Crippen LogP contribution in [0.3, 0.4) is 0 Å². The van der Waals surface area contributed by atoms with Crippen molar-refractivity contribution >= 4 is 23.6 Å². The van der Waals surface area contributed by atoms with Gasteiger partial charge in [0.25, 0.3) is 0 Å². The lowest BCUT2D eigenvalue weighted by Gasteiger charge is -2.43. The SMILES string of the molecule is CCC1O[C@@H](Oc2ccc(COC(=O)Nc3ccn([C@@H]4O[C@H](CO)C(O)C4(F)F)c(=O)n3)cc2[N+](=O)[O-])C(OC(C)=O)[C@@H](C)[C@H]1C. The van der Waals surface area contributed by atoms with Crippen molar-refractivity contribution in [3.05, 3.63) is 56.6 Å². The number of halogens is 2. The van der Waals surface area contributed by atoms with Crippen LogP contribution < -0.4 is 15.7 Å². The van der Waals surface area contributed by atoms with Crippen LogP contribution in [0, 0.1) is 22.0 Å². The number of nitro benzene ring substituents is 1. The molecule has 1 aromatic heterocycles. The summed E-state index contributed by atoms with van der Waals surface area (Å²) >= 11 is 0. The third-order valence-electron chi connectivity index (χ3n) is 7.92. The second kappa shape index (κ2) is 14.0. The Morgan fingerprint density at radius 1 is 1.20 bits per heavy atom. The zero-order chi connectivity index (χ0) is 33.9. The number of esters is 1. The molecule has 2 aliphatic heterocycles. The van der Waals surface area contributed by atoms with Gasteiger partial charge in [-0.3, -0.25) is 24.8 Å². The molecule has 3 unspecified atom stereocenters. The first-order valence-corrected chi connectivity index (χ1v) is 14.3. The number of carbonyl (C=O) groups is 2. The van der Waals surface area contributed by atoms with Gasteiger partial charge in [-0.05, 0) is 30.0 Å². The van der Waals surface area contributed by atoms with Gasteiger partial charge in [-0.1, -0.05) is 26.8 Å².